The van der Waals surface area contributed by atoms with Crippen molar-refractivity contribution in [3.8, 4) is 5.69 Å². The average molecular weight is 398 g/mol. The van der Waals surface area contributed by atoms with Gasteiger partial charge in [-0.2, -0.15) is 10.2 Å². The molecule has 5 rings (SSSR count). The van der Waals surface area contributed by atoms with Gasteiger partial charge in [-0.15, -0.1) is 0 Å². The predicted octanol–water partition coefficient (Wildman–Crippen LogP) is 3.56. The number of carbonyl (C=O) groups excluding carboxylic acids is 1. The lowest BCUT2D eigenvalue weighted by Crippen LogP contribution is -2.15. The van der Waals surface area contributed by atoms with E-state index in [2.05, 4.69) is 34.5 Å². The van der Waals surface area contributed by atoms with Gasteiger partial charge in [0, 0.05) is 16.9 Å². The third-order valence-electron chi connectivity index (χ3n) is 5.48. The highest BCUT2D eigenvalue weighted by Crippen LogP contribution is 2.29. The maximum absolute atomic E-state index is 13.1. The normalized spacial score (nSPS) is 12.7. The molecule has 2 aromatic carbocycles. The first kappa shape index (κ1) is 18.3. The van der Waals surface area contributed by atoms with E-state index < -0.39 is 0 Å². The van der Waals surface area contributed by atoms with E-state index in [0.29, 0.717) is 12.2 Å². The molecule has 30 heavy (non-hydrogen) atoms. The van der Waals surface area contributed by atoms with E-state index in [1.807, 2.05) is 41.1 Å². The molecular weight excluding hydrogens is 376 g/mol. The Kier molecular flexibility index (Phi) is 4.63. The summed E-state index contributed by atoms with van der Waals surface area (Å²) in [6.45, 7) is 2.67. The lowest BCUT2D eigenvalue weighted by atomic mass is 10.1. The fraction of sp³-hybridized carbons (Fsp3) is 0.217. The number of nitrogens with one attached hydrogen (secondary N) is 1. The van der Waals surface area contributed by atoms with E-state index >= 15 is 0 Å². The minimum absolute atomic E-state index is 0.168. The number of hydrogen-bond acceptors (Lipinski definition) is 4. The molecule has 0 fully saturated rings. The second-order valence-corrected chi connectivity index (χ2v) is 7.57. The highest BCUT2D eigenvalue weighted by molar-refractivity contribution is 6.04. The number of carbonyl (C=O) groups is 1. The Morgan fingerprint density at radius 1 is 1.13 bits per heavy atom. The number of benzene rings is 2. The SMILES string of the molecule is Cc1ccccc1-n1nc(C(=O)Nc2cccc(Cn3cncn3)c2)c2c1CCC2. The maximum Gasteiger partial charge on any atom is 0.276 e. The van der Waals surface area contributed by atoms with Crippen LogP contribution in [-0.2, 0) is 19.4 Å². The minimum atomic E-state index is -0.168. The van der Waals surface area contributed by atoms with Crippen LogP contribution in [0.1, 0.15) is 39.3 Å². The molecule has 1 N–H and O–H groups in total. The summed E-state index contributed by atoms with van der Waals surface area (Å²) >= 11 is 0. The van der Waals surface area contributed by atoms with Crippen LogP contribution in [0.25, 0.3) is 5.69 Å². The first-order chi connectivity index (χ1) is 14.7. The molecule has 150 valence electrons. The van der Waals surface area contributed by atoms with Gasteiger partial charge in [-0.05, 0) is 55.5 Å². The van der Waals surface area contributed by atoms with E-state index in [-0.39, 0.29) is 5.91 Å². The zero-order valence-electron chi connectivity index (χ0n) is 16.7. The summed E-state index contributed by atoms with van der Waals surface area (Å²) in [6, 6.07) is 15.9. The van der Waals surface area contributed by atoms with E-state index in [4.69, 9.17) is 5.10 Å². The van der Waals surface area contributed by atoms with Crippen LogP contribution in [0.15, 0.2) is 61.2 Å². The van der Waals surface area contributed by atoms with Gasteiger partial charge < -0.3 is 5.32 Å². The molecule has 1 aliphatic rings. The molecule has 4 aromatic rings. The van der Waals surface area contributed by atoms with Crippen molar-refractivity contribution in [3.63, 3.8) is 0 Å². The van der Waals surface area contributed by atoms with Gasteiger partial charge in [0.05, 0.1) is 12.2 Å². The predicted molar refractivity (Wildman–Crippen MR) is 114 cm³/mol. The van der Waals surface area contributed by atoms with E-state index in [9.17, 15) is 4.79 Å². The van der Waals surface area contributed by atoms with Crippen LogP contribution in [0, 0.1) is 6.92 Å². The summed E-state index contributed by atoms with van der Waals surface area (Å²) < 4.78 is 3.70. The van der Waals surface area contributed by atoms with E-state index in [1.165, 1.54) is 6.33 Å². The monoisotopic (exact) mass is 398 g/mol. The van der Waals surface area contributed by atoms with Crippen molar-refractivity contribution in [3.05, 3.63) is 89.3 Å². The van der Waals surface area contributed by atoms with Crippen molar-refractivity contribution in [1.29, 1.82) is 0 Å². The molecule has 0 atom stereocenters. The number of amides is 1. The average Bonchev–Trinajstić information content (AvgIpc) is 3.47. The number of fused-ring (bicyclic) bond motifs is 1. The van der Waals surface area contributed by atoms with Gasteiger partial charge in [-0.25, -0.2) is 14.3 Å². The van der Waals surface area contributed by atoms with Crippen LogP contribution in [-0.4, -0.2) is 30.5 Å². The van der Waals surface area contributed by atoms with Gasteiger partial charge in [0.15, 0.2) is 5.69 Å². The number of aromatic nitrogens is 5. The second-order valence-electron chi connectivity index (χ2n) is 7.57. The minimum Gasteiger partial charge on any atom is -0.321 e. The lowest BCUT2D eigenvalue weighted by Gasteiger charge is -2.09. The highest BCUT2D eigenvalue weighted by atomic mass is 16.2. The van der Waals surface area contributed by atoms with Crippen LogP contribution in [0.2, 0.25) is 0 Å². The van der Waals surface area contributed by atoms with Crippen LogP contribution in [0.3, 0.4) is 0 Å². The van der Waals surface area contributed by atoms with Gasteiger partial charge in [-0.3, -0.25) is 4.79 Å². The summed E-state index contributed by atoms with van der Waals surface area (Å²) in [5.41, 5.74) is 6.69. The van der Waals surface area contributed by atoms with Crippen LogP contribution in [0.5, 0.6) is 0 Å². The summed E-state index contributed by atoms with van der Waals surface area (Å²) in [5.74, 6) is -0.168. The lowest BCUT2D eigenvalue weighted by molar-refractivity contribution is 0.102. The Labute approximate surface area is 174 Å². The number of para-hydroxylation sites is 1. The van der Waals surface area contributed by atoms with Gasteiger partial charge in [0.1, 0.15) is 12.7 Å². The van der Waals surface area contributed by atoms with Crippen molar-refractivity contribution >= 4 is 11.6 Å². The molecule has 1 amide bonds. The number of hydrogen-bond donors (Lipinski definition) is 1. The molecule has 2 heterocycles. The molecular formula is C23H22N6O. The van der Waals surface area contributed by atoms with Crippen LogP contribution < -0.4 is 5.32 Å². The smallest absolute Gasteiger partial charge is 0.276 e. The van der Waals surface area contributed by atoms with Crippen LogP contribution in [0.4, 0.5) is 5.69 Å². The topological polar surface area (TPSA) is 77.6 Å². The summed E-state index contributed by atoms with van der Waals surface area (Å²) in [5, 5.41) is 11.9. The summed E-state index contributed by atoms with van der Waals surface area (Å²) in [6.07, 6.45) is 6.06. The summed E-state index contributed by atoms with van der Waals surface area (Å²) in [4.78, 5) is 17.1. The number of aryl methyl sites for hydroxylation is 1. The molecule has 0 spiro atoms. The fourth-order valence-corrected chi connectivity index (χ4v) is 4.06. The van der Waals surface area contributed by atoms with E-state index in [0.717, 1.165) is 53.0 Å². The molecule has 0 bridgehead atoms. The fourth-order valence-electron chi connectivity index (χ4n) is 4.06. The molecule has 7 heteroatoms. The van der Waals surface area contributed by atoms with Crippen molar-refractivity contribution < 1.29 is 4.79 Å². The zero-order chi connectivity index (χ0) is 20.5. The Morgan fingerprint density at radius 3 is 2.87 bits per heavy atom. The molecule has 7 nitrogen and oxygen atoms in total. The Balaban J connectivity index is 1.42. The van der Waals surface area contributed by atoms with Gasteiger partial charge in [0.25, 0.3) is 5.91 Å². The van der Waals surface area contributed by atoms with Crippen molar-refractivity contribution in [2.45, 2.75) is 32.7 Å². The van der Waals surface area contributed by atoms with E-state index in [1.54, 1.807) is 11.0 Å². The molecule has 1 aliphatic carbocycles. The number of anilines is 1. The Bertz CT molecular complexity index is 1210. The Hall–Kier alpha value is -3.74. The van der Waals surface area contributed by atoms with Gasteiger partial charge in [-0.1, -0.05) is 30.3 Å². The highest BCUT2D eigenvalue weighted by Gasteiger charge is 2.27. The number of rotatable bonds is 5. The molecule has 0 aliphatic heterocycles. The number of nitrogens with zero attached hydrogens (tertiary/aromatic N) is 5. The molecule has 0 saturated heterocycles. The largest absolute Gasteiger partial charge is 0.321 e. The standard InChI is InChI=1S/C23H22N6O/c1-16-6-2-3-10-20(16)29-21-11-5-9-19(21)22(27-29)23(30)26-18-8-4-7-17(12-18)13-28-15-24-14-25-28/h2-4,6-8,10,12,14-15H,5,9,11,13H2,1H3,(H,26,30). The summed E-state index contributed by atoms with van der Waals surface area (Å²) in [7, 11) is 0. The van der Waals surface area contributed by atoms with Crippen molar-refractivity contribution in [2.75, 3.05) is 5.32 Å². The first-order valence-corrected chi connectivity index (χ1v) is 10.1. The third-order valence-corrected chi connectivity index (χ3v) is 5.48. The maximum atomic E-state index is 13.1. The Morgan fingerprint density at radius 2 is 2.03 bits per heavy atom. The quantitative estimate of drug-likeness (QED) is 0.558. The molecule has 2 aromatic heterocycles. The zero-order valence-corrected chi connectivity index (χ0v) is 16.7. The van der Waals surface area contributed by atoms with Crippen molar-refractivity contribution in [1.82, 2.24) is 24.5 Å². The third kappa shape index (κ3) is 3.39. The van der Waals surface area contributed by atoms with Crippen molar-refractivity contribution in [2.24, 2.45) is 0 Å². The molecule has 0 unspecified atom stereocenters. The van der Waals surface area contributed by atoms with Gasteiger partial charge >= 0.3 is 0 Å². The van der Waals surface area contributed by atoms with Gasteiger partial charge in [0.2, 0.25) is 0 Å². The molecule has 0 radical (unpaired) electrons. The first-order valence-electron chi connectivity index (χ1n) is 10.1. The van der Waals surface area contributed by atoms with Crippen LogP contribution >= 0.6 is 0 Å². The molecule has 0 saturated carbocycles. The second kappa shape index (κ2) is 7.59.